The standard InChI is InChI=1S/C6H9F3O3S.C4H7F3O/c1-4-13(10,11)12-5(2,3)6(7,8)9;1-3(2,8)4(5,6)7/h4H,1H2,2-3H3;8H,1-2H3. The molecule has 0 fully saturated rings. The Bertz CT molecular complexity index is 430. The molecule has 1 N–H and O–H groups in total. The van der Waals surface area contributed by atoms with Gasteiger partial charge in [-0.15, -0.1) is 0 Å². The molecule has 0 radical (unpaired) electrons. The predicted octanol–water partition coefficient (Wildman–Crippen LogP) is 3.14. The maximum absolute atomic E-state index is 12.1. The molecule has 0 aromatic heterocycles. The Morgan fingerprint density at radius 1 is 0.952 bits per heavy atom. The second kappa shape index (κ2) is 6.53. The number of alkyl halides is 6. The van der Waals surface area contributed by atoms with Crippen LogP contribution in [0.2, 0.25) is 0 Å². The molecule has 0 amide bonds. The summed E-state index contributed by atoms with van der Waals surface area (Å²) in [6.07, 6.45) is -9.25. The lowest BCUT2D eigenvalue weighted by Crippen LogP contribution is -2.43. The normalized spacial score (nSPS) is 14.2. The molecule has 128 valence electrons. The second-order valence-corrected chi connectivity index (χ2v) is 6.29. The molecular weight excluding hydrogens is 330 g/mol. The highest BCUT2D eigenvalue weighted by molar-refractivity contribution is 7.89. The first-order valence-electron chi connectivity index (χ1n) is 5.21. The zero-order chi connectivity index (χ0) is 17.9. The lowest BCUT2D eigenvalue weighted by atomic mass is 10.1. The highest BCUT2D eigenvalue weighted by atomic mass is 32.2. The first-order valence-corrected chi connectivity index (χ1v) is 6.68. The summed E-state index contributed by atoms with van der Waals surface area (Å²) in [5.41, 5.74) is -5.30. The van der Waals surface area contributed by atoms with E-state index in [4.69, 9.17) is 5.11 Å². The van der Waals surface area contributed by atoms with Crippen LogP contribution in [0.4, 0.5) is 26.3 Å². The van der Waals surface area contributed by atoms with Crippen LogP contribution in [0.3, 0.4) is 0 Å². The smallest absolute Gasteiger partial charge is 0.381 e. The molecule has 0 aliphatic carbocycles. The Morgan fingerprint density at radius 2 is 1.24 bits per heavy atom. The molecule has 4 nitrogen and oxygen atoms in total. The molecule has 0 atom stereocenters. The average molecular weight is 346 g/mol. The lowest BCUT2D eigenvalue weighted by Gasteiger charge is -2.25. The van der Waals surface area contributed by atoms with E-state index in [0.717, 1.165) is 0 Å². The zero-order valence-electron chi connectivity index (χ0n) is 11.6. The molecule has 0 bridgehead atoms. The summed E-state index contributed by atoms with van der Waals surface area (Å²) in [6, 6.07) is 0. The molecule has 0 heterocycles. The van der Waals surface area contributed by atoms with E-state index in [1.807, 2.05) is 0 Å². The van der Waals surface area contributed by atoms with Crippen molar-refractivity contribution in [1.29, 1.82) is 0 Å². The fourth-order valence-electron chi connectivity index (χ4n) is 0.372. The van der Waals surface area contributed by atoms with Crippen molar-refractivity contribution in [3.8, 4) is 0 Å². The maximum Gasteiger partial charge on any atom is 0.418 e. The van der Waals surface area contributed by atoms with Gasteiger partial charge in [-0.2, -0.15) is 34.8 Å². The van der Waals surface area contributed by atoms with Gasteiger partial charge >= 0.3 is 12.4 Å². The van der Waals surface area contributed by atoms with E-state index >= 15 is 0 Å². The van der Waals surface area contributed by atoms with E-state index in [1.54, 1.807) is 0 Å². The maximum atomic E-state index is 12.1. The predicted molar refractivity (Wildman–Crippen MR) is 62.7 cm³/mol. The van der Waals surface area contributed by atoms with Crippen LogP contribution < -0.4 is 0 Å². The molecular formula is C10H16F6O4S. The number of aliphatic hydroxyl groups is 1. The Balaban J connectivity index is 0. The average Bonchev–Trinajstić information content (AvgIpc) is 2.11. The Morgan fingerprint density at radius 3 is 1.38 bits per heavy atom. The van der Waals surface area contributed by atoms with Crippen molar-refractivity contribution in [1.82, 2.24) is 0 Å². The van der Waals surface area contributed by atoms with Gasteiger partial charge in [0.05, 0.1) is 5.41 Å². The summed E-state index contributed by atoms with van der Waals surface area (Å²) in [6.45, 7) is 5.46. The number of rotatable bonds is 3. The van der Waals surface area contributed by atoms with E-state index in [2.05, 4.69) is 10.8 Å². The van der Waals surface area contributed by atoms with E-state index < -0.39 is 33.7 Å². The third-order valence-electron chi connectivity index (χ3n) is 1.91. The minimum absolute atomic E-state index is 0.320. The number of hydrogen-bond acceptors (Lipinski definition) is 4. The molecule has 0 rings (SSSR count). The summed E-state index contributed by atoms with van der Waals surface area (Å²) < 4.78 is 95.3. The summed E-state index contributed by atoms with van der Waals surface area (Å²) in [5, 5.41) is 8.55. The Labute approximate surface area is 118 Å². The van der Waals surface area contributed by atoms with Crippen molar-refractivity contribution in [3.05, 3.63) is 12.0 Å². The lowest BCUT2D eigenvalue weighted by molar-refractivity contribution is -0.245. The van der Waals surface area contributed by atoms with Crippen LogP contribution in [0, 0.1) is 0 Å². The third kappa shape index (κ3) is 8.27. The monoisotopic (exact) mass is 346 g/mol. The topological polar surface area (TPSA) is 63.6 Å². The van der Waals surface area contributed by atoms with Gasteiger partial charge < -0.3 is 5.11 Å². The van der Waals surface area contributed by atoms with E-state index in [9.17, 15) is 34.8 Å². The molecule has 0 aromatic rings. The highest BCUT2D eigenvalue weighted by Gasteiger charge is 2.51. The van der Waals surface area contributed by atoms with Crippen LogP contribution in [0.1, 0.15) is 27.7 Å². The van der Waals surface area contributed by atoms with Crippen LogP contribution >= 0.6 is 0 Å². The largest absolute Gasteiger partial charge is 0.418 e. The molecule has 0 spiro atoms. The minimum atomic E-state index is -4.75. The third-order valence-corrected chi connectivity index (χ3v) is 2.96. The summed E-state index contributed by atoms with van der Waals surface area (Å²) >= 11 is 0. The van der Waals surface area contributed by atoms with Crippen LogP contribution in [-0.4, -0.2) is 37.1 Å². The van der Waals surface area contributed by atoms with Gasteiger partial charge in [-0.05, 0) is 27.7 Å². The van der Waals surface area contributed by atoms with Crippen LogP contribution in [0.5, 0.6) is 0 Å². The van der Waals surface area contributed by atoms with Crippen molar-refractivity contribution in [3.63, 3.8) is 0 Å². The van der Waals surface area contributed by atoms with Gasteiger partial charge in [0.25, 0.3) is 10.1 Å². The second-order valence-electron chi connectivity index (χ2n) is 4.81. The van der Waals surface area contributed by atoms with Crippen molar-refractivity contribution in [2.75, 3.05) is 0 Å². The van der Waals surface area contributed by atoms with Crippen molar-refractivity contribution in [2.45, 2.75) is 51.2 Å². The fourth-order valence-corrected chi connectivity index (χ4v) is 1.11. The molecule has 0 aliphatic rings. The van der Waals surface area contributed by atoms with Gasteiger partial charge in [0, 0.05) is 0 Å². The van der Waals surface area contributed by atoms with E-state index in [-0.39, 0.29) is 0 Å². The molecule has 0 saturated heterocycles. The summed E-state index contributed by atoms with van der Waals surface area (Å²) in [7, 11) is -4.32. The van der Waals surface area contributed by atoms with Gasteiger partial charge in [-0.25, -0.2) is 0 Å². The Hall–Kier alpha value is -0.810. The molecule has 0 aromatic carbocycles. The van der Waals surface area contributed by atoms with Gasteiger partial charge in [0.1, 0.15) is 0 Å². The summed E-state index contributed by atoms with van der Waals surface area (Å²) in [4.78, 5) is 0. The van der Waals surface area contributed by atoms with Crippen LogP contribution in [0.25, 0.3) is 0 Å². The van der Waals surface area contributed by atoms with Gasteiger partial charge in [-0.3, -0.25) is 4.18 Å². The molecule has 11 heteroatoms. The highest BCUT2D eigenvalue weighted by Crippen LogP contribution is 2.34. The van der Waals surface area contributed by atoms with Crippen LogP contribution in [-0.2, 0) is 14.3 Å². The molecule has 0 saturated carbocycles. The quantitative estimate of drug-likeness (QED) is 0.630. The van der Waals surface area contributed by atoms with E-state index in [0.29, 0.717) is 33.1 Å². The van der Waals surface area contributed by atoms with Crippen molar-refractivity contribution in [2.24, 2.45) is 0 Å². The van der Waals surface area contributed by atoms with Gasteiger partial charge in [-0.1, -0.05) is 6.58 Å². The molecule has 0 unspecified atom stereocenters. The molecule has 0 aliphatic heterocycles. The number of halogens is 6. The van der Waals surface area contributed by atoms with Gasteiger partial charge in [0.2, 0.25) is 0 Å². The summed E-state index contributed by atoms with van der Waals surface area (Å²) in [5.74, 6) is 0. The van der Waals surface area contributed by atoms with Crippen molar-refractivity contribution >= 4 is 10.1 Å². The first kappa shape index (κ1) is 22.5. The molecule has 21 heavy (non-hydrogen) atoms. The SMILES string of the molecule is C=CS(=O)(=O)OC(C)(C)C(F)(F)F.CC(C)(O)C(F)(F)F. The van der Waals surface area contributed by atoms with Gasteiger partial charge in [0.15, 0.2) is 11.2 Å². The van der Waals surface area contributed by atoms with E-state index in [1.165, 1.54) is 0 Å². The fraction of sp³-hybridized carbons (Fsp3) is 0.800. The zero-order valence-corrected chi connectivity index (χ0v) is 12.4. The first-order chi connectivity index (χ1) is 8.77. The Kier molecular flexibility index (Phi) is 6.98. The van der Waals surface area contributed by atoms with Crippen molar-refractivity contribution < 1.29 is 44.0 Å². The number of hydrogen-bond donors (Lipinski definition) is 1. The minimum Gasteiger partial charge on any atom is -0.381 e. The van der Waals surface area contributed by atoms with Crippen LogP contribution in [0.15, 0.2) is 12.0 Å².